The number of carboxylic acid groups (broad SMARTS) is 1. The zero-order chi connectivity index (χ0) is 28.7. The second-order valence-corrected chi connectivity index (χ2v) is 11.0. The number of carbonyl (C=O) groups is 2. The number of benzene rings is 2. The minimum atomic E-state index is -0.748. The first-order valence-corrected chi connectivity index (χ1v) is 14.4. The summed E-state index contributed by atoms with van der Waals surface area (Å²) in [6, 6.07) is 15.8. The normalized spacial score (nSPS) is 15.8. The maximum atomic E-state index is 12.1. The van der Waals surface area contributed by atoms with Crippen LogP contribution in [0.25, 0.3) is 6.08 Å². The summed E-state index contributed by atoms with van der Waals surface area (Å²) in [5.74, 6) is -0.489. The number of ether oxygens (including phenoxy) is 1. The zero-order valence-electron chi connectivity index (χ0n) is 24.0. The summed E-state index contributed by atoms with van der Waals surface area (Å²) in [6.45, 7) is 8.35. The van der Waals surface area contributed by atoms with Gasteiger partial charge in [-0.3, -0.25) is 9.59 Å². The summed E-state index contributed by atoms with van der Waals surface area (Å²) in [6.07, 6.45) is 8.11. The Morgan fingerprint density at radius 2 is 1.62 bits per heavy atom. The van der Waals surface area contributed by atoms with Gasteiger partial charge in [-0.1, -0.05) is 81.6 Å². The summed E-state index contributed by atoms with van der Waals surface area (Å²) in [7, 11) is 0. The molecule has 2 aromatic rings. The number of hydrogen-bond acceptors (Lipinski definition) is 6. The van der Waals surface area contributed by atoms with Crippen molar-refractivity contribution in [2.75, 3.05) is 6.61 Å². The van der Waals surface area contributed by atoms with Gasteiger partial charge in [0, 0.05) is 25.7 Å². The highest BCUT2D eigenvalue weighted by atomic mass is 16.8. The Labute approximate surface area is 238 Å². The van der Waals surface area contributed by atoms with Gasteiger partial charge in [0.25, 0.3) is 5.91 Å². The van der Waals surface area contributed by atoms with Crippen molar-refractivity contribution in [3.8, 4) is 0 Å². The quantitative estimate of drug-likeness (QED) is 0.129. The maximum Gasteiger partial charge on any atom is 0.320 e. The number of hydroxylamine groups is 1. The molecule has 3 rings (SSSR count). The van der Waals surface area contributed by atoms with Crippen molar-refractivity contribution in [1.82, 2.24) is 16.1 Å². The highest BCUT2D eigenvalue weighted by molar-refractivity contribution is 5.90. The van der Waals surface area contributed by atoms with Crippen molar-refractivity contribution in [1.29, 1.82) is 0 Å². The fourth-order valence-corrected chi connectivity index (χ4v) is 4.79. The number of hydrogen-bond donors (Lipinski definition) is 4. The van der Waals surface area contributed by atoms with E-state index in [4.69, 9.17) is 9.57 Å². The van der Waals surface area contributed by atoms with Crippen molar-refractivity contribution >= 4 is 18.0 Å². The summed E-state index contributed by atoms with van der Waals surface area (Å²) < 4.78 is 5.47. The van der Waals surface area contributed by atoms with E-state index in [1.807, 2.05) is 38.1 Å². The van der Waals surface area contributed by atoms with Crippen LogP contribution in [0.4, 0.5) is 0 Å². The first-order valence-electron chi connectivity index (χ1n) is 14.4. The molecule has 0 aliphatic heterocycles. The topological polar surface area (TPSA) is 109 Å². The van der Waals surface area contributed by atoms with E-state index in [0.29, 0.717) is 32.2 Å². The van der Waals surface area contributed by atoms with Gasteiger partial charge in [-0.05, 0) is 59.9 Å². The number of carbonyl (C=O) groups excluding carboxylic acids is 1. The molecule has 4 N–H and O–H groups in total. The second-order valence-electron chi connectivity index (χ2n) is 11.0. The molecule has 0 aromatic heterocycles. The Balaban J connectivity index is 1.39. The third-order valence-electron chi connectivity index (χ3n) is 6.96. The Hall–Kier alpha value is -3.04. The Morgan fingerprint density at radius 1 is 0.950 bits per heavy atom. The molecule has 0 heterocycles. The third kappa shape index (κ3) is 11.6. The lowest BCUT2D eigenvalue weighted by molar-refractivity contribution is -0.180. The van der Waals surface area contributed by atoms with Gasteiger partial charge in [0.15, 0.2) is 6.29 Å². The molecule has 1 aliphatic carbocycles. The van der Waals surface area contributed by atoms with Crippen LogP contribution in [0.5, 0.6) is 0 Å². The van der Waals surface area contributed by atoms with Crippen molar-refractivity contribution < 1.29 is 24.3 Å². The minimum absolute atomic E-state index is 0.221. The average Bonchev–Trinajstić information content (AvgIpc) is 2.95. The van der Waals surface area contributed by atoms with Crippen LogP contribution in [0.2, 0.25) is 0 Å². The van der Waals surface area contributed by atoms with Crippen molar-refractivity contribution in [3.05, 3.63) is 76.9 Å². The molecule has 40 heavy (non-hydrogen) atoms. The lowest BCUT2D eigenvalue weighted by Crippen LogP contribution is -2.43. The highest BCUT2D eigenvalue weighted by Crippen LogP contribution is 2.27. The maximum absolute atomic E-state index is 12.1. The van der Waals surface area contributed by atoms with Crippen molar-refractivity contribution in [3.63, 3.8) is 0 Å². The van der Waals surface area contributed by atoms with Crippen LogP contribution in [-0.4, -0.2) is 35.9 Å². The molecule has 1 aliphatic rings. The molecule has 8 heteroatoms. The number of amides is 1. The fraction of sp³-hybridized carbons (Fsp3) is 0.500. The third-order valence-corrected chi connectivity index (χ3v) is 6.96. The van der Waals surface area contributed by atoms with Crippen LogP contribution in [0.3, 0.4) is 0 Å². The Kier molecular flexibility index (Phi) is 13.3. The van der Waals surface area contributed by atoms with Gasteiger partial charge in [-0.2, -0.15) is 0 Å². The van der Waals surface area contributed by atoms with Gasteiger partial charge in [0.05, 0.1) is 6.61 Å². The monoisotopic (exact) mass is 551 g/mol. The number of carboxylic acids is 1. The van der Waals surface area contributed by atoms with Crippen molar-refractivity contribution in [2.24, 2.45) is 11.8 Å². The summed E-state index contributed by atoms with van der Waals surface area (Å²) >= 11 is 0. The number of rotatable bonds is 16. The molecule has 0 bridgehead atoms. The van der Waals surface area contributed by atoms with E-state index < -0.39 is 18.3 Å². The number of aliphatic carboxylic acids is 1. The van der Waals surface area contributed by atoms with Crippen LogP contribution < -0.4 is 16.1 Å². The first kappa shape index (κ1) is 31.5. The van der Waals surface area contributed by atoms with Gasteiger partial charge in [0.1, 0.15) is 6.04 Å². The molecule has 0 radical (unpaired) electrons. The largest absolute Gasteiger partial charge is 0.480 e. The molecule has 1 fully saturated rings. The molecule has 0 saturated heterocycles. The van der Waals surface area contributed by atoms with E-state index in [2.05, 4.69) is 40.4 Å². The minimum Gasteiger partial charge on any atom is -0.480 e. The van der Waals surface area contributed by atoms with Gasteiger partial charge >= 0.3 is 5.97 Å². The predicted octanol–water partition coefficient (Wildman–Crippen LogP) is 5.18. The molecule has 2 aromatic carbocycles. The molecule has 1 saturated carbocycles. The molecular weight excluding hydrogens is 506 g/mol. The fourth-order valence-electron chi connectivity index (χ4n) is 4.79. The van der Waals surface area contributed by atoms with E-state index in [9.17, 15) is 14.7 Å². The second kappa shape index (κ2) is 16.9. The average molecular weight is 552 g/mol. The van der Waals surface area contributed by atoms with E-state index in [0.717, 1.165) is 47.9 Å². The molecule has 1 unspecified atom stereocenters. The Bertz CT molecular complexity index is 1080. The van der Waals surface area contributed by atoms with Crippen LogP contribution in [-0.2, 0) is 38.8 Å². The van der Waals surface area contributed by atoms with E-state index in [1.54, 1.807) is 13.0 Å². The standard InChI is InChI=1S/C32H45N3O5/c1-23(2)22-39-24(3)40-35-30(36)17-16-25-8-7-9-28(18-25)20-33-19-26-12-14-27(15-13-26)21-34-31(32(37)38)29-10-5-4-6-11-29/h7-9,12-18,23-24,29,31,33-34H,4-6,10-11,19-22H2,1-3H3,(H,35,36)(H,37,38)/b17-16+/t24?,31-/m0/s1. The van der Waals surface area contributed by atoms with Crippen LogP contribution in [0.15, 0.2) is 54.6 Å². The van der Waals surface area contributed by atoms with Crippen molar-refractivity contribution in [2.45, 2.75) is 84.8 Å². The Morgan fingerprint density at radius 3 is 2.30 bits per heavy atom. The van der Waals surface area contributed by atoms with Crippen LogP contribution >= 0.6 is 0 Å². The first-order chi connectivity index (χ1) is 19.3. The molecule has 2 atom stereocenters. The van der Waals surface area contributed by atoms with Crippen LogP contribution in [0.1, 0.15) is 75.1 Å². The summed E-state index contributed by atoms with van der Waals surface area (Å²) in [5.41, 5.74) is 6.65. The highest BCUT2D eigenvalue weighted by Gasteiger charge is 2.28. The zero-order valence-corrected chi connectivity index (χ0v) is 24.0. The van der Waals surface area contributed by atoms with E-state index in [1.165, 1.54) is 12.5 Å². The predicted molar refractivity (Wildman–Crippen MR) is 157 cm³/mol. The lowest BCUT2D eigenvalue weighted by Gasteiger charge is -2.28. The lowest BCUT2D eigenvalue weighted by atomic mass is 9.84. The van der Waals surface area contributed by atoms with E-state index in [-0.39, 0.29) is 11.8 Å². The van der Waals surface area contributed by atoms with Gasteiger partial charge in [-0.15, -0.1) is 0 Å². The van der Waals surface area contributed by atoms with Gasteiger partial charge in [-0.25, -0.2) is 10.3 Å². The molecule has 1 amide bonds. The molecular formula is C32H45N3O5. The smallest absolute Gasteiger partial charge is 0.320 e. The molecule has 8 nitrogen and oxygen atoms in total. The SMILES string of the molecule is CC(C)COC(C)ONC(=O)/C=C/c1cccc(CNCc2ccc(CN[C@H](C(=O)O)C3CCCCC3)cc2)c1. The molecule has 218 valence electrons. The summed E-state index contributed by atoms with van der Waals surface area (Å²) in [4.78, 5) is 29.1. The van der Waals surface area contributed by atoms with E-state index >= 15 is 0 Å². The number of nitrogens with one attached hydrogen (secondary N) is 3. The summed E-state index contributed by atoms with van der Waals surface area (Å²) in [5, 5.41) is 16.4. The van der Waals surface area contributed by atoms with Gasteiger partial charge < -0.3 is 20.5 Å². The van der Waals surface area contributed by atoms with Crippen LogP contribution in [0, 0.1) is 11.8 Å². The molecule has 0 spiro atoms. The van der Waals surface area contributed by atoms with Gasteiger partial charge in [0.2, 0.25) is 0 Å².